The topological polar surface area (TPSA) is 70.5 Å². The van der Waals surface area contributed by atoms with Crippen molar-refractivity contribution in [3.05, 3.63) is 5.69 Å². The van der Waals surface area contributed by atoms with Gasteiger partial charge in [0.15, 0.2) is 0 Å². The fraction of sp³-hybridized carbons (Fsp3) is 0.800. The van der Waals surface area contributed by atoms with Crippen LogP contribution >= 0.6 is 0 Å². The van der Waals surface area contributed by atoms with E-state index >= 15 is 0 Å². The van der Waals surface area contributed by atoms with E-state index in [9.17, 15) is 5.11 Å². The van der Waals surface area contributed by atoms with Crippen molar-refractivity contribution in [3.63, 3.8) is 0 Å². The number of nitrogens with two attached hydrogens (primary N) is 1. The Labute approximate surface area is 127 Å². The van der Waals surface area contributed by atoms with Gasteiger partial charge in [0, 0.05) is 39.8 Å². The van der Waals surface area contributed by atoms with Gasteiger partial charge in [0.2, 0.25) is 0 Å². The predicted molar refractivity (Wildman–Crippen MR) is 86.6 cm³/mol. The summed E-state index contributed by atoms with van der Waals surface area (Å²) in [7, 11) is 1.97. The van der Waals surface area contributed by atoms with Crippen molar-refractivity contribution in [2.45, 2.75) is 39.2 Å². The number of aromatic nitrogens is 2. The van der Waals surface area contributed by atoms with Crippen LogP contribution in [0.3, 0.4) is 0 Å². The Hall–Kier alpha value is -1.27. The van der Waals surface area contributed by atoms with Crippen LogP contribution in [0, 0.1) is 0 Å². The zero-order chi connectivity index (χ0) is 15.6. The number of piperazine rings is 1. The molecule has 0 atom stereocenters. The number of aliphatic hydroxyl groups is 1. The van der Waals surface area contributed by atoms with Crippen LogP contribution in [0.5, 0.6) is 0 Å². The predicted octanol–water partition coefficient (Wildman–Crippen LogP) is 0.848. The minimum atomic E-state index is -0.637. The summed E-state index contributed by atoms with van der Waals surface area (Å²) < 4.78 is 1.91. The summed E-state index contributed by atoms with van der Waals surface area (Å²) in [5.74, 6) is 1.04. The van der Waals surface area contributed by atoms with E-state index in [4.69, 9.17) is 5.73 Å². The van der Waals surface area contributed by atoms with Crippen LogP contribution in [0.25, 0.3) is 0 Å². The van der Waals surface area contributed by atoms with Crippen molar-refractivity contribution >= 4 is 11.5 Å². The van der Waals surface area contributed by atoms with E-state index < -0.39 is 5.60 Å². The smallest absolute Gasteiger partial charge is 0.150 e. The third-order valence-electron chi connectivity index (χ3n) is 3.90. The number of aryl methyl sites for hydroxylation is 2. The van der Waals surface area contributed by atoms with Gasteiger partial charge in [0.05, 0.1) is 17.0 Å². The SMILES string of the molecule is CCCc1nn(C)c(N2CCN(CC(C)(C)O)CC2)c1N. The van der Waals surface area contributed by atoms with Gasteiger partial charge in [-0.3, -0.25) is 9.58 Å². The highest BCUT2D eigenvalue weighted by Gasteiger charge is 2.26. The van der Waals surface area contributed by atoms with Gasteiger partial charge in [-0.1, -0.05) is 13.3 Å². The Balaban J connectivity index is 2.02. The minimum Gasteiger partial charge on any atom is -0.394 e. The lowest BCUT2D eigenvalue weighted by Crippen LogP contribution is -2.51. The van der Waals surface area contributed by atoms with Crippen molar-refractivity contribution in [2.24, 2.45) is 7.05 Å². The summed E-state index contributed by atoms with van der Waals surface area (Å²) in [6, 6.07) is 0. The lowest BCUT2D eigenvalue weighted by molar-refractivity contribution is 0.0344. The molecule has 21 heavy (non-hydrogen) atoms. The third kappa shape index (κ3) is 3.89. The largest absolute Gasteiger partial charge is 0.394 e. The Morgan fingerprint density at radius 1 is 1.24 bits per heavy atom. The van der Waals surface area contributed by atoms with Crippen LogP contribution in [0.2, 0.25) is 0 Å². The molecular formula is C15H29N5O. The molecule has 0 bridgehead atoms. The Morgan fingerprint density at radius 2 is 1.86 bits per heavy atom. The van der Waals surface area contributed by atoms with Gasteiger partial charge < -0.3 is 15.7 Å². The molecule has 0 aromatic carbocycles. The van der Waals surface area contributed by atoms with Gasteiger partial charge in [-0.2, -0.15) is 5.10 Å². The summed E-state index contributed by atoms with van der Waals surface area (Å²) in [6.07, 6.45) is 1.98. The molecule has 2 rings (SSSR count). The van der Waals surface area contributed by atoms with Crippen LogP contribution in [-0.4, -0.2) is 58.1 Å². The quantitative estimate of drug-likeness (QED) is 0.842. The molecule has 6 nitrogen and oxygen atoms in total. The maximum absolute atomic E-state index is 9.91. The van der Waals surface area contributed by atoms with Gasteiger partial charge in [-0.15, -0.1) is 0 Å². The monoisotopic (exact) mass is 295 g/mol. The number of hydrogen-bond acceptors (Lipinski definition) is 5. The second kappa shape index (κ2) is 6.23. The normalized spacial score (nSPS) is 17.5. The Morgan fingerprint density at radius 3 is 2.38 bits per heavy atom. The molecule has 120 valence electrons. The van der Waals surface area contributed by atoms with E-state index in [-0.39, 0.29) is 0 Å². The molecular weight excluding hydrogens is 266 g/mol. The fourth-order valence-electron chi connectivity index (χ4n) is 3.05. The number of β-amino-alcohol motifs (C(OH)–C–C–N with tert-alkyl or cyclic N) is 1. The van der Waals surface area contributed by atoms with Crippen molar-refractivity contribution in [1.82, 2.24) is 14.7 Å². The molecule has 6 heteroatoms. The first kappa shape index (κ1) is 16.1. The molecule has 1 aliphatic heterocycles. The molecule has 0 spiro atoms. The van der Waals surface area contributed by atoms with E-state index in [0.717, 1.165) is 56.2 Å². The molecule has 1 fully saturated rings. The first-order valence-corrected chi connectivity index (χ1v) is 7.83. The molecule has 0 unspecified atom stereocenters. The lowest BCUT2D eigenvalue weighted by atomic mass is 10.1. The fourth-order valence-corrected chi connectivity index (χ4v) is 3.05. The average molecular weight is 295 g/mol. The van der Waals surface area contributed by atoms with Gasteiger partial charge in [-0.25, -0.2) is 0 Å². The van der Waals surface area contributed by atoms with E-state index in [1.54, 1.807) is 0 Å². The van der Waals surface area contributed by atoms with E-state index in [0.29, 0.717) is 6.54 Å². The van der Waals surface area contributed by atoms with Crippen LogP contribution < -0.4 is 10.6 Å². The maximum atomic E-state index is 9.91. The van der Waals surface area contributed by atoms with Gasteiger partial charge in [0.1, 0.15) is 5.82 Å². The molecule has 0 amide bonds. The van der Waals surface area contributed by atoms with E-state index in [1.807, 2.05) is 25.6 Å². The standard InChI is InChI=1S/C15H29N5O/c1-5-6-12-13(16)14(18(4)17-12)20-9-7-19(8-10-20)11-15(2,3)21/h21H,5-11,16H2,1-4H3. The summed E-state index contributed by atoms with van der Waals surface area (Å²) in [5, 5.41) is 14.5. The van der Waals surface area contributed by atoms with Gasteiger partial charge in [0.25, 0.3) is 0 Å². The van der Waals surface area contributed by atoms with Crippen LogP contribution in [0.4, 0.5) is 11.5 Å². The lowest BCUT2D eigenvalue weighted by Gasteiger charge is -2.38. The number of rotatable bonds is 5. The number of anilines is 2. The molecule has 0 radical (unpaired) electrons. The summed E-state index contributed by atoms with van der Waals surface area (Å²) in [6.45, 7) is 10.3. The van der Waals surface area contributed by atoms with Crippen LogP contribution in [-0.2, 0) is 13.5 Å². The van der Waals surface area contributed by atoms with Crippen molar-refractivity contribution in [2.75, 3.05) is 43.4 Å². The molecule has 0 aliphatic carbocycles. The number of nitrogens with zero attached hydrogens (tertiary/aromatic N) is 4. The highest BCUT2D eigenvalue weighted by Crippen LogP contribution is 2.28. The van der Waals surface area contributed by atoms with Crippen molar-refractivity contribution in [1.29, 1.82) is 0 Å². The van der Waals surface area contributed by atoms with Crippen molar-refractivity contribution in [3.8, 4) is 0 Å². The molecule has 2 heterocycles. The zero-order valence-electron chi connectivity index (χ0n) is 13.8. The first-order chi connectivity index (χ1) is 9.81. The Bertz CT molecular complexity index is 469. The molecule has 1 saturated heterocycles. The highest BCUT2D eigenvalue weighted by molar-refractivity contribution is 5.66. The van der Waals surface area contributed by atoms with Gasteiger partial charge in [-0.05, 0) is 20.3 Å². The van der Waals surface area contributed by atoms with Crippen LogP contribution in [0.1, 0.15) is 32.9 Å². The Kier molecular flexibility index (Phi) is 4.78. The molecule has 0 saturated carbocycles. The molecule has 3 N–H and O–H groups in total. The van der Waals surface area contributed by atoms with E-state index in [2.05, 4.69) is 21.8 Å². The second-order valence-corrected chi connectivity index (χ2v) is 6.63. The van der Waals surface area contributed by atoms with Gasteiger partial charge >= 0.3 is 0 Å². The first-order valence-electron chi connectivity index (χ1n) is 7.83. The highest BCUT2D eigenvalue weighted by atomic mass is 16.3. The van der Waals surface area contributed by atoms with Crippen molar-refractivity contribution < 1.29 is 5.11 Å². The number of nitrogen functional groups attached to an aromatic ring is 1. The number of hydrogen-bond donors (Lipinski definition) is 2. The zero-order valence-corrected chi connectivity index (χ0v) is 13.8. The summed E-state index contributed by atoms with van der Waals surface area (Å²) >= 11 is 0. The van der Waals surface area contributed by atoms with Crippen LogP contribution in [0.15, 0.2) is 0 Å². The molecule has 1 aromatic heterocycles. The minimum absolute atomic E-state index is 0.637. The third-order valence-corrected chi connectivity index (χ3v) is 3.90. The second-order valence-electron chi connectivity index (χ2n) is 6.63. The molecule has 1 aromatic rings. The molecule has 1 aliphatic rings. The van der Waals surface area contributed by atoms with E-state index in [1.165, 1.54) is 0 Å². The maximum Gasteiger partial charge on any atom is 0.150 e. The summed E-state index contributed by atoms with van der Waals surface area (Å²) in [5.41, 5.74) is 7.48. The summed E-state index contributed by atoms with van der Waals surface area (Å²) in [4.78, 5) is 4.61. The average Bonchev–Trinajstić information content (AvgIpc) is 2.65.